The summed E-state index contributed by atoms with van der Waals surface area (Å²) >= 11 is 5.94. The maximum atomic E-state index is 13.7. The number of carbonyl (C=O) groups is 1. The van der Waals surface area contributed by atoms with Gasteiger partial charge in [-0.2, -0.15) is 0 Å². The van der Waals surface area contributed by atoms with Crippen LogP contribution in [0.5, 0.6) is 0 Å². The van der Waals surface area contributed by atoms with Gasteiger partial charge in [-0.25, -0.2) is 13.6 Å². The molecule has 0 radical (unpaired) electrons. The third-order valence-electron chi connectivity index (χ3n) is 2.74. The summed E-state index contributed by atoms with van der Waals surface area (Å²) in [7, 11) is 0. The van der Waals surface area contributed by atoms with Crippen LogP contribution in [0.2, 0.25) is 5.02 Å². The second kappa shape index (κ2) is 5.88. The molecular weight excluding hydrogens is 288 g/mol. The van der Waals surface area contributed by atoms with Gasteiger partial charge >= 0.3 is 5.97 Å². The molecule has 0 saturated heterocycles. The van der Waals surface area contributed by atoms with Gasteiger partial charge in [-0.3, -0.25) is 0 Å². The first-order chi connectivity index (χ1) is 9.50. The molecule has 0 aromatic heterocycles. The molecule has 2 rings (SSSR count). The third-order valence-corrected chi connectivity index (χ3v) is 3.11. The molecule has 0 saturated carbocycles. The van der Waals surface area contributed by atoms with E-state index < -0.39 is 23.2 Å². The fourth-order valence-electron chi connectivity index (χ4n) is 1.68. The van der Waals surface area contributed by atoms with E-state index in [-0.39, 0.29) is 12.2 Å². The van der Waals surface area contributed by atoms with Gasteiger partial charge in [-0.1, -0.05) is 29.8 Å². The second-order valence-electron chi connectivity index (χ2n) is 4.04. The highest BCUT2D eigenvalue weighted by Crippen LogP contribution is 2.22. The molecule has 3 nitrogen and oxygen atoms in total. The molecular formula is C14H10ClF2NO2. The molecule has 2 aromatic carbocycles. The molecule has 20 heavy (non-hydrogen) atoms. The largest absolute Gasteiger partial charge is 0.478 e. The van der Waals surface area contributed by atoms with Crippen LogP contribution in [-0.2, 0) is 6.54 Å². The van der Waals surface area contributed by atoms with Gasteiger partial charge in [0.2, 0.25) is 0 Å². The highest BCUT2D eigenvalue weighted by atomic mass is 35.5. The summed E-state index contributed by atoms with van der Waals surface area (Å²) in [5, 5.41) is 11.9. The van der Waals surface area contributed by atoms with Crippen LogP contribution in [0.1, 0.15) is 15.9 Å². The lowest BCUT2D eigenvalue weighted by Gasteiger charge is -2.10. The van der Waals surface area contributed by atoms with E-state index in [2.05, 4.69) is 5.32 Å². The monoisotopic (exact) mass is 297 g/mol. The molecule has 104 valence electrons. The quantitative estimate of drug-likeness (QED) is 0.899. The summed E-state index contributed by atoms with van der Waals surface area (Å²) in [6, 6.07) is 9.15. The van der Waals surface area contributed by atoms with Gasteiger partial charge in [0.1, 0.15) is 0 Å². The van der Waals surface area contributed by atoms with Gasteiger partial charge in [0.25, 0.3) is 0 Å². The van der Waals surface area contributed by atoms with Crippen LogP contribution in [0.4, 0.5) is 14.5 Å². The molecule has 2 N–H and O–H groups in total. The lowest BCUT2D eigenvalue weighted by molar-refractivity contribution is 0.0690. The Labute approximate surface area is 118 Å². The first-order valence-corrected chi connectivity index (χ1v) is 6.07. The van der Waals surface area contributed by atoms with Crippen molar-refractivity contribution in [2.24, 2.45) is 0 Å². The summed E-state index contributed by atoms with van der Waals surface area (Å²) in [6.45, 7) is 0.197. The SMILES string of the molecule is O=C(O)c1ccc(NCc2ccccc2Cl)c(F)c1F. The van der Waals surface area contributed by atoms with E-state index in [1.807, 2.05) is 0 Å². The number of carboxylic acid groups (broad SMARTS) is 1. The predicted octanol–water partition coefficient (Wildman–Crippen LogP) is 3.93. The van der Waals surface area contributed by atoms with Crippen LogP contribution in [0.3, 0.4) is 0 Å². The minimum Gasteiger partial charge on any atom is -0.478 e. The van der Waals surface area contributed by atoms with Crippen molar-refractivity contribution in [2.45, 2.75) is 6.54 Å². The number of rotatable bonds is 4. The van der Waals surface area contributed by atoms with Crippen molar-refractivity contribution in [1.29, 1.82) is 0 Å². The molecule has 0 atom stereocenters. The van der Waals surface area contributed by atoms with Crippen molar-refractivity contribution >= 4 is 23.3 Å². The standard InChI is InChI=1S/C14H10ClF2NO2/c15-10-4-2-1-3-8(10)7-18-11-6-5-9(14(19)20)12(16)13(11)17/h1-6,18H,7H2,(H,19,20). The average molecular weight is 298 g/mol. The third kappa shape index (κ3) is 2.88. The number of carboxylic acids is 1. The topological polar surface area (TPSA) is 49.3 Å². The van der Waals surface area contributed by atoms with Crippen molar-refractivity contribution in [3.05, 3.63) is 64.2 Å². The molecule has 0 aliphatic heterocycles. The Hall–Kier alpha value is -2.14. The molecule has 0 bridgehead atoms. The molecule has 0 aliphatic carbocycles. The Morgan fingerprint density at radius 3 is 2.50 bits per heavy atom. The number of nitrogens with one attached hydrogen (secondary N) is 1. The Morgan fingerprint density at radius 2 is 1.85 bits per heavy atom. The molecule has 6 heteroatoms. The zero-order chi connectivity index (χ0) is 14.7. The van der Waals surface area contributed by atoms with Gasteiger partial charge in [0, 0.05) is 11.6 Å². The van der Waals surface area contributed by atoms with Crippen molar-refractivity contribution in [2.75, 3.05) is 5.32 Å². The van der Waals surface area contributed by atoms with E-state index in [9.17, 15) is 13.6 Å². The highest BCUT2D eigenvalue weighted by Gasteiger charge is 2.17. The van der Waals surface area contributed by atoms with Crippen LogP contribution in [-0.4, -0.2) is 11.1 Å². The van der Waals surface area contributed by atoms with Gasteiger partial charge in [0.05, 0.1) is 11.3 Å². The van der Waals surface area contributed by atoms with E-state index in [0.29, 0.717) is 5.02 Å². The Morgan fingerprint density at radius 1 is 1.15 bits per heavy atom. The predicted molar refractivity (Wildman–Crippen MR) is 72.1 cm³/mol. The minimum absolute atomic E-state index is 0.118. The zero-order valence-electron chi connectivity index (χ0n) is 10.2. The van der Waals surface area contributed by atoms with E-state index >= 15 is 0 Å². The molecule has 0 fully saturated rings. The first-order valence-electron chi connectivity index (χ1n) is 5.69. The van der Waals surface area contributed by atoms with Gasteiger partial charge < -0.3 is 10.4 Å². The Balaban J connectivity index is 2.21. The molecule has 0 unspecified atom stereocenters. The highest BCUT2D eigenvalue weighted by molar-refractivity contribution is 6.31. The second-order valence-corrected chi connectivity index (χ2v) is 4.45. The van der Waals surface area contributed by atoms with Crippen LogP contribution in [0.25, 0.3) is 0 Å². The fourth-order valence-corrected chi connectivity index (χ4v) is 1.89. The Bertz CT molecular complexity index is 662. The Kier molecular flexibility index (Phi) is 4.20. The lowest BCUT2D eigenvalue weighted by Crippen LogP contribution is -2.07. The van der Waals surface area contributed by atoms with Crippen molar-refractivity contribution in [3.8, 4) is 0 Å². The number of halogens is 3. The summed E-state index contributed by atoms with van der Waals surface area (Å²) in [5.41, 5.74) is -0.102. The van der Waals surface area contributed by atoms with Crippen molar-refractivity contribution < 1.29 is 18.7 Å². The summed E-state index contributed by atoms with van der Waals surface area (Å²) in [4.78, 5) is 10.7. The number of anilines is 1. The van der Waals surface area contributed by atoms with E-state index in [1.54, 1.807) is 24.3 Å². The number of hydrogen-bond donors (Lipinski definition) is 2. The number of benzene rings is 2. The van der Waals surface area contributed by atoms with Crippen molar-refractivity contribution in [3.63, 3.8) is 0 Å². The van der Waals surface area contributed by atoms with Gasteiger partial charge in [-0.15, -0.1) is 0 Å². The lowest BCUT2D eigenvalue weighted by atomic mass is 10.1. The fraction of sp³-hybridized carbons (Fsp3) is 0.0714. The van der Waals surface area contributed by atoms with Crippen LogP contribution >= 0.6 is 11.6 Å². The average Bonchev–Trinajstić information content (AvgIpc) is 2.41. The minimum atomic E-state index is -1.51. The maximum Gasteiger partial charge on any atom is 0.338 e. The maximum absolute atomic E-state index is 13.7. The molecule has 0 heterocycles. The van der Waals surface area contributed by atoms with Crippen LogP contribution in [0, 0.1) is 11.6 Å². The van der Waals surface area contributed by atoms with Crippen LogP contribution in [0.15, 0.2) is 36.4 Å². The number of aromatic carboxylic acids is 1. The summed E-state index contributed by atoms with van der Waals surface area (Å²) in [6.07, 6.45) is 0. The summed E-state index contributed by atoms with van der Waals surface area (Å²) < 4.78 is 27.2. The normalized spacial score (nSPS) is 10.3. The number of hydrogen-bond acceptors (Lipinski definition) is 2. The smallest absolute Gasteiger partial charge is 0.338 e. The molecule has 2 aromatic rings. The molecule has 0 spiro atoms. The van der Waals surface area contributed by atoms with E-state index in [1.165, 1.54) is 6.07 Å². The van der Waals surface area contributed by atoms with Gasteiger partial charge in [-0.05, 0) is 23.8 Å². The van der Waals surface area contributed by atoms with Gasteiger partial charge in [0.15, 0.2) is 11.6 Å². The first kappa shape index (κ1) is 14.3. The van der Waals surface area contributed by atoms with Crippen molar-refractivity contribution in [1.82, 2.24) is 0 Å². The molecule has 0 amide bonds. The van der Waals surface area contributed by atoms with E-state index in [0.717, 1.165) is 11.6 Å². The molecule has 0 aliphatic rings. The van der Waals surface area contributed by atoms with Crippen LogP contribution < -0.4 is 5.32 Å². The zero-order valence-corrected chi connectivity index (χ0v) is 10.9. The van der Waals surface area contributed by atoms with E-state index in [4.69, 9.17) is 16.7 Å². The summed E-state index contributed by atoms with van der Waals surface area (Å²) in [5.74, 6) is -4.13.